The number of rotatable bonds is 6. The number of carbonyl (C=O) groups excluding carboxylic acids is 1. The molecule has 2 aliphatic rings. The predicted octanol–water partition coefficient (Wildman–Crippen LogP) is 4.18. The Labute approximate surface area is 237 Å². The van der Waals surface area contributed by atoms with Gasteiger partial charge < -0.3 is 0 Å². The zero-order valence-corrected chi connectivity index (χ0v) is 24.0. The van der Waals surface area contributed by atoms with E-state index in [1.54, 1.807) is 6.26 Å². The van der Waals surface area contributed by atoms with Crippen molar-refractivity contribution >= 4 is 18.5 Å². The van der Waals surface area contributed by atoms with Crippen LogP contribution in [0.4, 0.5) is 0 Å². The summed E-state index contributed by atoms with van der Waals surface area (Å²) in [4.78, 5) is 13.3. The predicted molar refractivity (Wildman–Crippen MR) is 131 cm³/mol. The van der Waals surface area contributed by atoms with Gasteiger partial charge in [-0.1, -0.05) is 0 Å². The van der Waals surface area contributed by atoms with E-state index in [4.69, 9.17) is 32.4 Å². The summed E-state index contributed by atoms with van der Waals surface area (Å²) in [5.41, 5.74) is 2.17. The van der Waals surface area contributed by atoms with Gasteiger partial charge in [0.25, 0.3) is 0 Å². The zero-order valence-electron chi connectivity index (χ0n) is 21.8. The molecule has 1 aromatic heterocycles. The molecule has 1 aromatic carbocycles. The summed E-state index contributed by atoms with van der Waals surface area (Å²) >= 11 is 3.13. The number of nitrogens with zero attached hydrogens (tertiary/aromatic N) is 2. The fraction of sp³-hybridized carbons (Fsp3) is 0.296. The number of hydrogen-bond donors (Lipinski definition) is 0. The molecule has 3 heterocycles. The monoisotopic (exact) mass is 586 g/mol. The molecule has 1 saturated heterocycles. The quantitative estimate of drug-likeness (QED) is 0.284. The van der Waals surface area contributed by atoms with Crippen molar-refractivity contribution < 1.29 is 53.1 Å². The molecule has 39 heavy (non-hydrogen) atoms. The van der Waals surface area contributed by atoms with Crippen molar-refractivity contribution in [3.8, 4) is 0 Å². The minimum atomic E-state index is -1.91. The van der Waals surface area contributed by atoms with Crippen LogP contribution in [-0.4, -0.2) is 35.2 Å². The van der Waals surface area contributed by atoms with Crippen LogP contribution in [0.3, 0.4) is 0 Å². The molecule has 0 bridgehead atoms. The molecule has 1 amide bonds. The van der Waals surface area contributed by atoms with Crippen molar-refractivity contribution in [2.45, 2.75) is 45.1 Å². The molecule has 0 spiro atoms. The van der Waals surface area contributed by atoms with Crippen molar-refractivity contribution in [3.05, 3.63) is 104 Å². The summed E-state index contributed by atoms with van der Waals surface area (Å²) in [7, 11) is -1.91. The number of hydrazine groups is 1. The average molecular weight is 587 g/mol. The molecule has 0 unspecified atom stereocenters. The fourth-order valence-corrected chi connectivity index (χ4v) is 6.92. The van der Waals surface area contributed by atoms with Crippen LogP contribution in [0.2, 0.25) is 19.6 Å². The summed E-state index contributed by atoms with van der Waals surface area (Å²) < 4.78 is 50.1. The van der Waals surface area contributed by atoms with E-state index in [0.717, 1.165) is 26.8 Å². The molecule has 0 radical (unpaired) electrons. The number of benzene rings is 1. The molecule has 202 valence electrons. The number of ether oxygens (including phenoxy) is 1. The van der Waals surface area contributed by atoms with Crippen molar-refractivity contribution in [2.75, 3.05) is 6.61 Å². The van der Waals surface area contributed by atoms with Crippen LogP contribution in [0.25, 0.3) is 0 Å². The maximum absolute atomic E-state index is 13.3. The molecular weight excluding hydrogens is 560 g/mol. The van der Waals surface area contributed by atoms with Crippen molar-refractivity contribution in [3.63, 3.8) is 0 Å². The van der Waals surface area contributed by atoms with E-state index in [-0.39, 0.29) is 18.0 Å². The van der Waals surface area contributed by atoms with Gasteiger partial charge >= 0.3 is 237 Å². The summed E-state index contributed by atoms with van der Waals surface area (Å²) in [6, 6.07) is 13.9. The van der Waals surface area contributed by atoms with Crippen LogP contribution < -0.4 is 0 Å². The Balaban J connectivity index is 0. The Hall–Kier alpha value is -3.05. The standard InChI is InChI=1S/C22H26N2O3Si.5CO.Cr/c1-5-26-15-17-21(19-12-9-13-27-19)23-18(16-10-7-6-8-11-16)14-20(25)24(23)22(17)28(2,3)4;5*1-2;/h6-13,18,21H,5,14H2,1-4H3;;;;;;/t18-,21+;;;;;;/m0....../s1. The Morgan fingerprint density at radius 3 is 1.95 bits per heavy atom. The minimum absolute atomic E-state index is 0.0444. The Bertz CT molecular complexity index is 1140. The number of hydrogen-bond acceptors (Lipinski definition) is 4. The van der Waals surface area contributed by atoms with Crippen molar-refractivity contribution in [2.24, 2.45) is 0 Å². The van der Waals surface area contributed by atoms with Crippen LogP contribution in [-0.2, 0) is 48.6 Å². The molecule has 0 saturated carbocycles. The first-order valence-electron chi connectivity index (χ1n) is 11.0. The number of fused-ring (bicyclic) bond motifs is 1. The van der Waals surface area contributed by atoms with Crippen LogP contribution in [0.15, 0.2) is 64.0 Å². The van der Waals surface area contributed by atoms with Gasteiger partial charge in [0.1, 0.15) is 0 Å². The van der Waals surface area contributed by atoms with E-state index in [2.05, 4.69) is 85.9 Å². The zero-order chi connectivity index (χ0) is 30.8. The van der Waals surface area contributed by atoms with Gasteiger partial charge in [0.2, 0.25) is 0 Å². The SMILES string of the molecule is CCO[C](=[Cr])C1=C([Si](C)(C)C)N2C(=O)C[C@@H](c3ccccc3)N2[C@H]1c1ccco1.[C-]#[O+].[C-]#[O+].[C-]#[O+].[C-]#[O+].[C-]#[O+]. The molecule has 2 aromatic rings. The molecular formula is C27H26CrN2O8Si. The van der Waals surface area contributed by atoms with Gasteiger partial charge in [-0.2, -0.15) is 0 Å². The molecule has 12 heteroatoms. The third kappa shape index (κ3) is 8.99. The molecule has 2 atom stereocenters. The fourth-order valence-electron chi connectivity index (χ4n) is 4.33. The van der Waals surface area contributed by atoms with Crippen LogP contribution in [0, 0.1) is 33.3 Å². The first kappa shape index (κ1) is 38.1. The Kier molecular flexibility index (Phi) is 19.5. The maximum atomic E-state index is 13.3. The second-order valence-electron chi connectivity index (χ2n) is 8.37. The number of amides is 1. The third-order valence-electron chi connectivity index (χ3n) is 5.36. The van der Waals surface area contributed by atoms with Crippen molar-refractivity contribution in [1.29, 1.82) is 0 Å². The van der Waals surface area contributed by atoms with E-state index in [0.29, 0.717) is 13.0 Å². The first-order chi connectivity index (χ1) is 18.8. The van der Waals surface area contributed by atoms with Gasteiger partial charge in [0.05, 0.1) is 0 Å². The Morgan fingerprint density at radius 1 is 0.974 bits per heavy atom. The number of furan rings is 1. The van der Waals surface area contributed by atoms with Gasteiger partial charge in [-0.05, 0) is 0 Å². The van der Waals surface area contributed by atoms with E-state index >= 15 is 0 Å². The van der Waals surface area contributed by atoms with E-state index < -0.39 is 8.07 Å². The molecule has 4 rings (SSSR count). The number of carbonyl (C=O) groups is 1. The summed E-state index contributed by atoms with van der Waals surface area (Å²) in [5.74, 6) is 0.952. The molecule has 10 nitrogen and oxygen atoms in total. The summed E-state index contributed by atoms with van der Waals surface area (Å²) in [6.45, 7) is 31.8. The van der Waals surface area contributed by atoms with Gasteiger partial charge in [0.15, 0.2) is 0 Å². The van der Waals surface area contributed by atoms with Crippen LogP contribution >= 0.6 is 0 Å². The Morgan fingerprint density at radius 2 is 1.51 bits per heavy atom. The van der Waals surface area contributed by atoms with E-state index in [1.165, 1.54) is 0 Å². The van der Waals surface area contributed by atoms with Gasteiger partial charge in [-0.3, -0.25) is 0 Å². The average Bonchev–Trinajstić information content (AvgIpc) is 3.71. The second kappa shape index (κ2) is 19.9. The summed E-state index contributed by atoms with van der Waals surface area (Å²) in [5, 5.41) is 5.24. The normalized spacial score (nSPS) is 17.0. The third-order valence-corrected chi connectivity index (χ3v) is 7.79. The molecule has 2 aliphatic heterocycles. The topological polar surface area (TPSA) is 145 Å². The van der Waals surface area contributed by atoms with Gasteiger partial charge in [-0.25, -0.2) is 0 Å². The summed E-state index contributed by atoms with van der Waals surface area (Å²) in [6.07, 6.45) is 2.15. The molecule has 0 N–H and O–H groups in total. The first-order valence-corrected chi connectivity index (χ1v) is 15.1. The van der Waals surface area contributed by atoms with E-state index in [1.807, 2.05) is 42.3 Å². The molecule has 1 fully saturated rings. The second-order valence-corrected chi connectivity index (χ2v) is 13.9. The molecule has 0 aliphatic carbocycles. The van der Waals surface area contributed by atoms with E-state index in [9.17, 15) is 4.79 Å². The van der Waals surface area contributed by atoms with Crippen molar-refractivity contribution in [1.82, 2.24) is 10.0 Å². The van der Waals surface area contributed by atoms with Crippen LogP contribution in [0.5, 0.6) is 0 Å². The van der Waals surface area contributed by atoms with Gasteiger partial charge in [-0.15, -0.1) is 0 Å². The van der Waals surface area contributed by atoms with Gasteiger partial charge in [0, 0.05) is 0 Å². The van der Waals surface area contributed by atoms with Crippen LogP contribution in [0.1, 0.15) is 36.8 Å².